The van der Waals surface area contributed by atoms with Crippen molar-refractivity contribution in [2.75, 3.05) is 0 Å². The van der Waals surface area contributed by atoms with Crippen molar-refractivity contribution in [1.29, 1.82) is 5.26 Å². The van der Waals surface area contributed by atoms with Crippen LogP contribution in [0.1, 0.15) is 6.42 Å². The van der Waals surface area contributed by atoms with Crippen LogP contribution in [0.4, 0.5) is 13.2 Å². The van der Waals surface area contributed by atoms with Crippen molar-refractivity contribution in [3.8, 4) is 6.07 Å². The molecule has 12 heavy (non-hydrogen) atoms. The molecule has 0 unspecified atom stereocenters. The first-order chi connectivity index (χ1) is 5.36. The van der Waals surface area contributed by atoms with Crippen molar-refractivity contribution in [3.05, 3.63) is 0 Å². The number of aldehydes is 1. The average molecular weight is 183 g/mol. The normalized spacial score (nSPS) is 8.83. The number of carboxylic acid groups (broad SMARTS) is 1. The van der Waals surface area contributed by atoms with Gasteiger partial charge >= 0.3 is 12.1 Å². The first-order valence-corrected chi connectivity index (χ1v) is 2.47. The van der Waals surface area contributed by atoms with Crippen LogP contribution < -0.4 is 0 Å². The molecule has 68 valence electrons. The molecule has 0 aliphatic rings. The second-order valence-electron chi connectivity index (χ2n) is 1.33. The lowest BCUT2D eigenvalue weighted by atomic mass is 10.5. The van der Waals surface area contributed by atoms with E-state index in [4.69, 9.17) is 15.2 Å². The molecule has 0 atom stereocenters. The van der Waals surface area contributed by atoms with Crippen molar-refractivity contribution in [1.82, 2.24) is 0 Å². The van der Waals surface area contributed by atoms with E-state index in [1.54, 1.807) is 6.07 Å². The van der Waals surface area contributed by atoms with Crippen LogP contribution in [-0.2, 0) is 9.59 Å². The number of hydrogen-bond acceptors (Lipinski definition) is 3. The highest BCUT2D eigenvalue weighted by molar-refractivity contribution is 5.73. The van der Waals surface area contributed by atoms with Gasteiger partial charge in [0.2, 0.25) is 0 Å². The zero-order chi connectivity index (χ0) is 10.2. The predicted molar refractivity (Wildman–Crippen MR) is 30.0 cm³/mol. The molecule has 7 heteroatoms. The van der Waals surface area contributed by atoms with E-state index < -0.39 is 12.1 Å². The van der Waals surface area contributed by atoms with E-state index in [9.17, 15) is 18.0 Å². The molecule has 0 heterocycles. The quantitative estimate of drug-likeness (QED) is 0.608. The van der Waals surface area contributed by atoms with E-state index in [0.29, 0.717) is 6.29 Å². The average Bonchev–Trinajstić information content (AvgIpc) is 1.88. The van der Waals surface area contributed by atoms with Gasteiger partial charge in [0.25, 0.3) is 0 Å². The number of nitrogens with zero attached hydrogens (tertiary/aromatic N) is 1. The SMILES string of the molecule is N#CCC=O.O=C(O)C(F)(F)F. The number of nitriles is 1. The third-order valence-electron chi connectivity index (χ3n) is 0.417. The first-order valence-electron chi connectivity index (χ1n) is 2.47. The molecule has 1 N–H and O–H groups in total. The molecule has 0 aromatic carbocycles. The summed E-state index contributed by atoms with van der Waals surface area (Å²) in [5.74, 6) is -2.76. The number of aliphatic carboxylic acids is 1. The summed E-state index contributed by atoms with van der Waals surface area (Å²) in [5, 5.41) is 14.7. The Morgan fingerprint density at radius 1 is 1.58 bits per heavy atom. The van der Waals surface area contributed by atoms with Gasteiger partial charge in [-0.1, -0.05) is 0 Å². The molecule has 4 nitrogen and oxygen atoms in total. The Labute approximate surface area is 65.2 Å². The van der Waals surface area contributed by atoms with E-state index in [1.165, 1.54) is 0 Å². The Morgan fingerprint density at radius 2 is 1.92 bits per heavy atom. The summed E-state index contributed by atoms with van der Waals surface area (Å²) < 4.78 is 31.7. The van der Waals surface area contributed by atoms with Gasteiger partial charge in [0.1, 0.15) is 6.29 Å². The van der Waals surface area contributed by atoms with E-state index in [-0.39, 0.29) is 6.42 Å². The topological polar surface area (TPSA) is 78.2 Å². The van der Waals surface area contributed by atoms with E-state index in [0.717, 1.165) is 0 Å². The van der Waals surface area contributed by atoms with Gasteiger partial charge in [0.15, 0.2) is 0 Å². The van der Waals surface area contributed by atoms with Gasteiger partial charge in [0, 0.05) is 0 Å². The molecule has 0 aliphatic carbocycles. The number of carboxylic acids is 1. The van der Waals surface area contributed by atoms with Crippen molar-refractivity contribution in [3.63, 3.8) is 0 Å². The maximum Gasteiger partial charge on any atom is 0.490 e. The number of rotatable bonds is 1. The summed E-state index contributed by atoms with van der Waals surface area (Å²) in [6.07, 6.45) is -4.50. The van der Waals surface area contributed by atoms with Crippen LogP contribution in [-0.4, -0.2) is 23.5 Å². The Hall–Kier alpha value is -1.58. The standard InChI is InChI=1S/C3H3NO.C2HF3O2/c4-2-1-3-5;3-2(4,5)1(6)7/h3H,1H2;(H,6,7). The Balaban J connectivity index is 0. The molecule has 0 aromatic heterocycles. The van der Waals surface area contributed by atoms with Gasteiger partial charge in [-0.05, 0) is 0 Å². The van der Waals surface area contributed by atoms with Gasteiger partial charge in [-0.2, -0.15) is 18.4 Å². The molecular formula is C5H4F3NO3. The van der Waals surface area contributed by atoms with E-state index in [1.807, 2.05) is 0 Å². The lowest BCUT2D eigenvalue weighted by Gasteiger charge is -1.93. The maximum atomic E-state index is 10.6. The van der Waals surface area contributed by atoms with Gasteiger partial charge in [0.05, 0.1) is 12.5 Å². The largest absolute Gasteiger partial charge is 0.490 e. The summed E-state index contributed by atoms with van der Waals surface area (Å²) in [6, 6.07) is 1.65. The second kappa shape index (κ2) is 6.15. The molecule has 0 amide bonds. The van der Waals surface area contributed by atoms with Crippen molar-refractivity contribution >= 4 is 12.3 Å². The monoisotopic (exact) mass is 183 g/mol. The molecule has 0 fully saturated rings. The number of halogens is 3. The summed E-state index contributed by atoms with van der Waals surface area (Å²) in [6.45, 7) is 0. The fraction of sp³-hybridized carbons (Fsp3) is 0.400. The van der Waals surface area contributed by atoms with E-state index in [2.05, 4.69) is 0 Å². The third kappa shape index (κ3) is 11.2. The highest BCUT2D eigenvalue weighted by atomic mass is 19.4. The van der Waals surface area contributed by atoms with Gasteiger partial charge in [-0.15, -0.1) is 0 Å². The molecule has 0 spiro atoms. The third-order valence-corrected chi connectivity index (χ3v) is 0.417. The van der Waals surface area contributed by atoms with Crippen LogP contribution in [0.15, 0.2) is 0 Å². The van der Waals surface area contributed by atoms with Gasteiger partial charge in [-0.25, -0.2) is 4.79 Å². The smallest absolute Gasteiger partial charge is 0.475 e. The zero-order valence-corrected chi connectivity index (χ0v) is 5.63. The summed E-state index contributed by atoms with van der Waals surface area (Å²) in [7, 11) is 0. The molecule has 0 aromatic rings. The lowest BCUT2D eigenvalue weighted by molar-refractivity contribution is -0.192. The van der Waals surface area contributed by atoms with Crippen molar-refractivity contribution in [2.24, 2.45) is 0 Å². The number of carbonyl (C=O) groups excluding carboxylic acids is 1. The summed E-state index contributed by atoms with van der Waals surface area (Å²) in [4.78, 5) is 18.1. The van der Waals surface area contributed by atoms with Crippen LogP contribution in [0.25, 0.3) is 0 Å². The van der Waals surface area contributed by atoms with Crippen LogP contribution in [0.5, 0.6) is 0 Å². The predicted octanol–water partition coefficient (Wildman–Crippen LogP) is 0.732. The minimum atomic E-state index is -5.08. The minimum Gasteiger partial charge on any atom is -0.475 e. The highest BCUT2D eigenvalue weighted by Gasteiger charge is 2.38. The number of carbonyl (C=O) groups is 2. The molecule has 0 radical (unpaired) electrons. The van der Waals surface area contributed by atoms with Crippen molar-refractivity contribution < 1.29 is 27.9 Å². The summed E-state index contributed by atoms with van der Waals surface area (Å²) in [5.41, 5.74) is 0. The van der Waals surface area contributed by atoms with Gasteiger partial charge < -0.3 is 9.90 Å². The second-order valence-corrected chi connectivity index (χ2v) is 1.33. The fourth-order valence-corrected chi connectivity index (χ4v) is 0.0373. The van der Waals surface area contributed by atoms with Gasteiger partial charge in [-0.3, -0.25) is 0 Å². The molecule has 0 aliphatic heterocycles. The van der Waals surface area contributed by atoms with Crippen molar-refractivity contribution in [2.45, 2.75) is 12.6 Å². The van der Waals surface area contributed by atoms with Crippen LogP contribution in [0, 0.1) is 11.3 Å². The van der Waals surface area contributed by atoms with Crippen LogP contribution in [0.2, 0.25) is 0 Å². The number of hydrogen-bond donors (Lipinski definition) is 1. The maximum absolute atomic E-state index is 10.6. The zero-order valence-electron chi connectivity index (χ0n) is 5.63. The Kier molecular flexibility index (Phi) is 6.69. The summed E-state index contributed by atoms with van der Waals surface area (Å²) >= 11 is 0. The molecule has 0 saturated heterocycles. The number of alkyl halides is 3. The molecule has 0 rings (SSSR count). The minimum absolute atomic E-state index is 0.0139. The molecular weight excluding hydrogens is 179 g/mol. The Bertz CT molecular complexity index is 193. The fourth-order valence-electron chi connectivity index (χ4n) is 0.0373. The van der Waals surface area contributed by atoms with Crippen LogP contribution in [0.3, 0.4) is 0 Å². The van der Waals surface area contributed by atoms with E-state index >= 15 is 0 Å². The van der Waals surface area contributed by atoms with Crippen LogP contribution >= 0.6 is 0 Å². The lowest BCUT2D eigenvalue weighted by Crippen LogP contribution is -2.21. The highest BCUT2D eigenvalue weighted by Crippen LogP contribution is 2.13. The first kappa shape index (κ1) is 13.0. The molecule has 0 saturated carbocycles. The molecule has 0 bridgehead atoms. The Morgan fingerprint density at radius 3 is 1.92 bits per heavy atom.